The molecule has 1 amide bonds. The van der Waals surface area contributed by atoms with Crippen molar-refractivity contribution in [2.75, 3.05) is 13.3 Å². The summed E-state index contributed by atoms with van der Waals surface area (Å²) < 4.78 is 10.6. The molecule has 11 heavy (non-hydrogen) atoms. The first-order valence-electron chi connectivity index (χ1n) is 3.65. The molecule has 4 heteroatoms. The molecule has 0 radical (unpaired) electrons. The van der Waals surface area contributed by atoms with E-state index in [2.05, 4.69) is 5.32 Å². The third kappa shape index (κ3) is 0.636. The maximum atomic E-state index is 11.3. The molecule has 2 rings (SSSR count). The Labute approximate surface area is 64.9 Å². The molecule has 0 aliphatic carbocycles. The number of nitrogens with one attached hydrogen (secondary N) is 1. The van der Waals surface area contributed by atoms with Gasteiger partial charge in [-0.3, -0.25) is 4.79 Å². The standard InChI is InChI=1S/C7H11NO3/c1-6-3-8-5(9)7(6,2)11-4-10-6/h3-4H2,1-2H3,(H,8,9)/t6-,7+/m1/s1. The van der Waals surface area contributed by atoms with E-state index in [4.69, 9.17) is 9.47 Å². The molecule has 2 aliphatic heterocycles. The van der Waals surface area contributed by atoms with Crippen molar-refractivity contribution in [1.82, 2.24) is 5.32 Å². The van der Waals surface area contributed by atoms with E-state index in [-0.39, 0.29) is 12.7 Å². The van der Waals surface area contributed by atoms with Crippen molar-refractivity contribution in [3.05, 3.63) is 0 Å². The molecule has 2 atom stereocenters. The molecule has 0 unspecified atom stereocenters. The van der Waals surface area contributed by atoms with E-state index in [0.29, 0.717) is 6.54 Å². The van der Waals surface area contributed by atoms with Gasteiger partial charge < -0.3 is 14.8 Å². The summed E-state index contributed by atoms with van der Waals surface area (Å²) >= 11 is 0. The predicted molar refractivity (Wildman–Crippen MR) is 36.9 cm³/mol. The Morgan fingerprint density at radius 2 is 2.18 bits per heavy atom. The lowest BCUT2D eigenvalue weighted by atomic mass is 9.89. The average molecular weight is 157 g/mol. The summed E-state index contributed by atoms with van der Waals surface area (Å²) in [5.74, 6) is -0.0718. The van der Waals surface area contributed by atoms with Crippen LogP contribution >= 0.6 is 0 Å². The third-order valence-electron chi connectivity index (χ3n) is 2.75. The minimum atomic E-state index is -0.771. The van der Waals surface area contributed by atoms with Crippen molar-refractivity contribution in [2.24, 2.45) is 0 Å². The van der Waals surface area contributed by atoms with Gasteiger partial charge in [0.1, 0.15) is 12.4 Å². The van der Waals surface area contributed by atoms with Crippen LogP contribution in [-0.2, 0) is 14.3 Å². The van der Waals surface area contributed by atoms with Gasteiger partial charge in [0, 0.05) is 6.54 Å². The van der Waals surface area contributed by atoms with Gasteiger partial charge in [-0.1, -0.05) is 0 Å². The number of fused-ring (bicyclic) bond motifs is 1. The molecule has 0 aromatic carbocycles. The van der Waals surface area contributed by atoms with E-state index in [1.54, 1.807) is 6.92 Å². The molecule has 2 aliphatic rings. The molecule has 0 bridgehead atoms. The van der Waals surface area contributed by atoms with Gasteiger partial charge in [-0.2, -0.15) is 0 Å². The normalized spacial score (nSPS) is 49.1. The minimum Gasteiger partial charge on any atom is -0.350 e. The number of carbonyl (C=O) groups excluding carboxylic acids is 1. The number of hydrogen-bond donors (Lipinski definition) is 1. The van der Waals surface area contributed by atoms with E-state index >= 15 is 0 Å². The first kappa shape index (κ1) is 7.06. The fourth-order valence-electron chi connectivity index (χ4n) is 1.51. The van der Waals surface area contributed by atoms with Gasteiger partial charge >= 0.3 is 0 Å². The Kier molecular flexibility index (Phi) is 1.13. The number of hydrogen-bond acceptors (Lipinski definition) is 3. The highest BCUT2D eigenvalue weighted by Crippen LogP contribution is 2.38. The van der Waals surface area contributed by atoms with Crippen LogP contribution in [0.2, 0.25) is 0 Å². The van der Waals surface area contributed by atoms with E-state index in [1.807, 2.05) is 6.92 Å². The summed E-state index contributed by atoms with van der Waals surface area (Å²) in [4.78, 5) is 11.3. The van der Waals surface area contributed by atoms with Crippen LogP contribution in [-0.4, -0.2) is 30.4 Å². The number of ether oxygens (including phenoxy) is 2. The zero-order valence-electron chi connectivity index (χ0n) is 6.64. The van der Waals surface area contributed by atoms with E-state index in [9.17, 15) is 4.79 Å². The number of carbonyl (C=O) groups is 1. The second-order valence-electron chi connectivity index (χ2n) is 3.35. The van der Waals surface area contributed by atoms with Crippen LogP contribution in [0.15, 0.2) is 0 Å². The SMILES string of the molecule is C[C@@]12CNC(=O)[C@]1(C)OCO2. The van der Waals surface area contributed by atoms with Crippen molar-refractivity contribution in [3.8, 4) is 0 Å². The number of rotatable bonds is 0. The summed E-state index contributed by atoms with van der Waals surface area (Å²) in [6.07, 6.45) is 0. The van der Waals surface area contributed by atoms with Crippen LogP contribution < -0.4 is 5.32 Å². The minimum absolute atomic E-state index is 0.0718. The smallest absolute Gasteiger partial charge is 0.255 e. The molecular formula is C7H11NO3. The van der Waals surface area contributed by atoms with Crippen LogP contribution in [0.1, 0.15) is 13.8 Å². The molecule has 1 N–H and O–H groups in total. The van der Waals surface area contributed by atoms with Gasteiger partial charge in [-0.15, -0.1) is 0 Å². The van der Waals surface area contributed by atoms with Crippen molar-refractivity contribution in [3.63, 3.8) is 0 Å². The molecule has 2 heterocycles. The second kappa shape index (κ2) is 1.76. The van der Waals surface area contributed by atoms with Gasteiger partial charge in [0.25, 0.3) is 5.91 Å². The summed E-state index contributed by atoms with van der Waals surface area (Å²) in [5, 5.41) is 2.71. The van der Waals surface area contributed by atoms with Crippen molar-refractivity contribution < 1.29 is 14.3 Å². The summed E-state index contributed by atoms with van der Waals surface area (Å²) in [6, 6.07) is 0. The Morgan fingerprint density at radius 1 is 1.45 bits per heavy atom. The van der Waals surface area contributed by atoms with Crippen LogP contribution in [0.4, 0.5) is 0 Å². The highest BCUT2D eigenvalue weighted by atomic mass is 16.7. The van der Waals surface area contributed by atoms with Crippen molar-refractivity contribution in [1.29, 1.82) is 0 Å². The Hall–Kier alpha value is -0.610. The molecule has 62 valence electrons. The zero-order chi connectivity index (χ0) is 8.11. The molecule has 2 fully saturated rings. The van der Waals surface area contributed by atoms with Crippen LogP contribution in [0, 0.1) is 0 Å². The highest BCUT2D eigenvalue weighted by Gasteiger charge is 2.61. The topological polar surface area (TPSA) is 47.6 Å². The first-order chi connectivity index (χ1) is 5.08. The summed E-state index contributed by atoms with van der Waals surface area (Å²) in [6.45, 7) is 4.42. The highest BCUT2D eigenvalue weighted by molar-refractivity contribution is 5.89. The Morgan fingerprint density at radius 3 is 2.82 bits per heavy atom. The van der Waals surface area contributed by atoms with Crippen molar-refractivity contribution in [2.45, 2.75) is 25.0 Å². The first-order valence-corrected chi connectivity index (χ1v) is 3.65. The summed E-state index contributed by atoms with van der Waals surface area (Å²) in [7, 11) is 0. The molecule has 2 saturated heterocycles. The molecule has 4 nitrogen and oxygen atoms in total. The Bertz CT molecular complexity index is 218. The molecule has 0 spiro atoms. The quantitative estimate of drug-likeness (QED) is 0.522. The maximum absolute atomic E-state index is 11.3. The lowest BCUT2D eigenvalue weighted by Crippen LogP contribution is -2.48. The summed E-state index contributed by atoms with van der Waals surface area (Å²) in [5.41, 5.74) is -1.24. The lowest BCUT2D eigenvalue weighted by Gasteiger charge is -2.26. The van der Waals surface area contributed by atoms with E-state index < -0.39 is 11.2 Å². The van der Waals surface area contributed by atoms with Gasteiger partial charge in [-0.05, 0) is 13.8 Å². The van der Waals surface area contributed by atoms with Gasteiger partial charge in [0.15, 0.2) is 5.60 Å². The monoisotopic (exact) mass is 157 g/mol. The van der Waals surface area contributed by atoms with E-state index in [0.717, 1.165) is 0 Å². The van der Waals surface area contributed by atoms with Gasteiger partial charge in [0.05, 0.1) is 0 Å². The molecular weight excluding hydrogens is 146 g/mol. The van der Waals surface area contributed by atoms with Crippen LogP contribution in [0.5, 0.6) is 0 Å². The maximum Gasteiger partial charge on any atom is 0.255 e. The fourth-order valence-corrected chi connectivity index (χ4v) is 1.51. The van der Waals surface area contributed by atoms with E-state index in [1.165, 1.54) is 0 Å². The van der Waals surface area contributed by atoms with Crippen LogP contribution in [0.25, 0.3) is 0 Å². The third-order valence-corrected chi connectivity index (χ3v) is 2.75. The van der Waals surface area contributed by atoms with Gasteiger partial charge in [-0.25, -0.2) is 0 Å². The largest absolute Gasteiger partial charge is 0.350 e. The van der Waals surface area contributed by atoms with Crippen LogP contribution in [0.3, 0.4) is 0 Å². The average Bonchev–Trinajstić information content (AvgIpc) is 2.34. The fraction of sp³-hybridized carbons (Fsp3) is 0.857. The Balaban J connectivity index is 2.41. The van der Waals surface area contributed by atoms with Crippen molar-refractivity contribution >= 4 is 5.91 Å². The lowest BCUT2D eigenvalue weighted by molar-refractivity contribution is -0.137. The molecule has 0 aromatic heterocycles. The molecule has 0 saturated carbocycles. The second-order valence-corrected chi connectivity index (χ2v) is 3.35. The molecule has 0 aromatic rings. The number of amides is 1. The predicted octanol–water partition coefficient (Wildman–Crippen LogP) is -0.362. The zero-order valence-corrected chi connectivity index (χ0v) is 6.64. The van der Waals surface area contributed by atoms with Gasteiger partial charge in [0.2, 0.25) is 0 Å².